The van der Waals surface area contributed by atoms with Gasteiger partial charge < -0.3 is 4.98 Å². The Kier molecular flexibility index (Phi) is 9.63. The molecule has 1 aromatic carbocycles. The lowest BCUT2D eigenvalue weighted by atomic mass is 9.80. The summed E-state index contributed by atoms with van der Waals surface area (Å²) >= 11 is 0. The van der Waals surface area contributed by atoms with E-state index in [4.69, 9.17) is 0 Å². The van der Waals surface area contributed by atoms with Crippen LogP contribution in [0.15, 0.2) is 30.7 Å². The Bertz CT molecular complexity index is 727. The molecule has 2 aromatic rings. The maximum absolute atomic E-state index is 10.2. The van der Waals surface area contributed by atoms with Gasteiger partial charge in [-0.15, -0.1) is 0 Å². The van der Waals surface area contributed by atoms with Crippen molar-refractivity contribution in [3.05, 3.63) is 53.1 Å². The predicted molar refractivity (Wildman–Crippen MR) is 122 cm³/mol. The number of aromatic amines is 1. The van der Waals surface area contributed by atoms with Crippen LogP contribution in [0, 0.1) is 18.8 Å². The lowest BCUT2D eigenvalue weighted by molar-refractivity contribution is -0.118. The maximum atomic E-state index is 10.2. The van der Waals surface area contributed by atoms with Gasteiger partial charge in [0.15, 0.2) is 0 Å². The molecule has 2 fully saturated rings. The van der Waals surface area contributed by atoms with Crippen LogP contribution in [0.25, 0.3) is 0 Å². The van der Waals surface area contributed by atoms with Gasteiger partial charge >= 0.3 is 0 Å². The standard InChI is InChI=1S/C15H18N2.C5H8O.C4H8.C2H6/c1-11-5-6-12-3-2-4-13(15(12)7-11)8-14-9-16-10-17-14;1-4(6)5-2-3-5;1-4-2-3-4;1-2/h5-7,9-10,13H,2-4,8H2,1H3,(H,16,17);5H,2-3H2,1H3;4H,2-3H2,1H3;1-2H3. The molecule has 1 unspecified atom stereocenters. The lowest BCUT2D eigenvalue weighted by Gasteiger charge is -2.25. The van der Waals surface area contributed by atoms with Gasteiger partial charge in [0, 0.05) is 17.8 Å². The Balaban J connectivity index is 0.000000204. The van der Waals surface area contributed by atoms with Crippen LogP contribution in [-0.2, 0) is 17.6 Å². The summed E-state index contributed by atoms with van der Waals surface area (Å²) in [5, 5.41) is 0. The minimum absolute atomic E-state index is 0.370. The van der Waals surface area contributed by atoms with Crippen LogP contribution in [0.3, 0.4) is 0 Å². The van der Waals surface area contributed by atoms with Crippen LogP contribution < -0.4 is 0 Å². The molecule has 3 nitrogen and oxygen atoms in total. The molecule has 0 bridgehead atoms. The number of carbonyl (C=O) groups is 1. The molecule has 0 spiro atoms. The van der Waals surface area contributed by atoms with Crippen LogP contribution >= 0.6 is 0 Å². The molecule has 3 aliphatic rings. The molecule has 1 heterocycles. The third-order valence-electron chi connectivity index (χ3n) is 5.78. The van der Waals surface area contributed by atoms with Gasteiger partial charge in [-0.3, -0.25) is 4.79 Å². The molecule has 0 radical (unpaired) electrons. The first kappa shape index (κ1) is 23.4. The average molecular weight is 397 g/mol. The molecular weight excluding hydrogens is 356 g/mol. The first-order valence-electron chi connectivity index (χ1n) is 11.6. The average Bonchev–Trinajstić information content (AvgIpc) is 3.66. The number of rotatable bonds is 3. The fourth-order valence-corrected chi connectivity index (χ4v) is 3.55. The molecule has 1 atom stereocenters. The number of benzene rings is 1. The van der Waals surface area contributed by atoms with Crippen molar-refractivity contribution in [3.63, 3.8) is 0 Å². The Morgan fingerprint density at radius 3 is 2.31 bits per heavy atom. The molecule has 160 valence electrons. The number of Topliss-reactive ketones (excluding diaryl/α,β-unsaturated/α-hetero) is 1. The molecule has 3 heteroatoms. The highest BCUT2D eigenvalue weighted by atomic mass is 16.1. The summed E-state index contributed by atoms with van der Waals surface area (Å²) in [6.45, 7) is 10.1. The topological polar surface area (TPSA) is 45.8 Å². The molecule has 0 aliphatic heterocycles. The monoisotopic (exact) mass is 396 g/mol. The minimum atomic E-state index is 0.370. The third-order valence-corrected chi connectivity index (χ3v) is 5.78. The van der Waals surface area contributed by atoms with Gasteiger partial charge in [-0.1, -0.05) is 57.4 Å². The van der Waals surface area contributed by atoms with E-state index in [1.54, 1.807) is 24.4 Å². The number of nitrogens with zero attached hydrogens (tertiary/aromatic N) is 1. The number of imidazole rings is 1. The number of fused-ring (bicyclic) bond motifs is 1. The Hall–Kier alpha value is -1.90. The number of hydrogen-bond acceptors (Lipinski definition) is 2. The minimum Gasteiger partial charge on any atom is -0.348 e. The Labute approximate surface area is 177 Å². The van der Waals surface area contributed by atoms with E-state index in [2.05, 4.69) is 42.0 Å². The molecule has 0 amide bonds. The summed E-state index contributed by atoms with van der Waals surface area (Å²) in [5.74, 6) is 2.58. The normalized spacial score (nSPS) is 19.3. The van der Waals surface area contributed by atoms with Crippen LogP contribution in [-0.4, -0.2) is 15.8 Å². The number of ketones is 1. The molecule has 5 rings (SSSR count). The summed E-state index contributed by atoms with van der Waals surface area (Å²) in [7, 11) is 0. The highest BCUT2D eigenvalue weighted by Crippen LogP contribution is 2.34. The largest absolute Gasteiger partial charge is 0.348 e. The van der Waals surface area contributed by atoms with Crippen molar-refractivity contribution >= 4 is 5.78 Å². The van der Waals surface area contributed by atoms with Crippen molar-refractivity contribution in [2.75, 3.05) is 0 Å². The second-order valence-electron chi connectivity index (χ2n) is 8.64. The van der Waals surface area contributed by atoms with Gasteiger partial charge in [-0.25, -0.2) is 4.98 Å². The molecule has 29 heavy (non-hydrogen) atoms. The number of carbonyl (C=O) groups excluding carboxylic acids is 1. The summed E-state index contributed by atoms with van der Waals surface area (Å²) in [5.41, 5.74) is 5.74. The van der Waals surface area contributed by atoms with Crippen LogP contribution in [0.2, 0.25) is 0 Å². The van der Waals surface area contributed by atoms with Crippen molar-refractivity contribution in [2.24, 2.45) is 11.8 Å². The van der Waals surface area contributed by atoms with E-state index in [1.807, 2.05) is 20.0 Å². The van der Waals surface area contributed by atoms with E-state index < -0.39 is 0 Å². The van der Waals surface area contributed by atoms with Crippen molar-refractivity contribution in [1.82, 2.24) is 9.97 Å². The number of nitrogens with one attached hydrogen (secondary N) is 1. The van der Waals surface area contributed by atoms with E-state index >= 15 is 0 Å². The van der Waals surface area contributed by atoms with Crippen molar-refractivity contribution in [3.8, 4) is 0 Å². The first-order valence-corrected chi connectivity index (χ1v) is 11.6. The molecular formula is C26H40N2O. The van der Waals surface area contributed by atoms with Crippen molar-refractivity contribution in [1.29, 1.82) is 0 Å². The number of hydrogen-bond donors (Lipinski definition) is 1. The molecule has 2 saturated carbocycles. The SMILES string of the molecule is CC.CC(=O)C1CC1.CC1CC1.Cc1ccc2c(c1)C(Cc1cnc[nH]1)CCC2. The summed E-state index contributed by atoms with van der Waals surface area (Å²) in [4.78, 5) is 17.5. The second-order valence-corrected chi connectivity index (χ2v) is 8.64. The predicted octanol–water partition coefficient (Wildman–Crippen LogP) is 6.81. The quantitative estimate of drug-likeness (QED) is 0.619. The van der Waals surface area contributed by atoms with E-state index in [-0.39, 0.29) is 0 Å². The third kappa shape index (κ3) is 8.55. The number of aromatic nitrogens is 2. The zero-order chi connectivity index (χ0) is 21.2. The van der Waals surface area contributed by atoms with Crippen LogP contribution in [0.4, 0.5) is 0 Å². The molecule has 0 saturated heterocycles. The molecule has 1 aromatic heterocycles. The maximum Gasteiger partial charge on any atom is 0.132 e. The summed E-state index contributed by atoms with van der Waals surface area (Å²) in [6.07, 6.45) is 13.9. The van der Waals surface area contributed by atoms with Crippen molar-refractivity contribution in [2.45, 2.75) is 91.9 Å². The number of aryl methyl sites for hydroxylation is 2. The lowest BCUT2D eigenvalue weighted by Crippen LogP contribution is -2.12. The fourth-order valence-electron chi connectivity index (χ4n) is 3.55. The van der Waals surface area contributed by atoms with E-state index in [0.717, 1.165) is 25.2 Å². The molecule has 3 aliphatic carbocycles. The van der Waals surface area contributed by atoms with E-state index in [1.165, 1.54) is 43.4 Å². The van der Waals surface area contributed by atoms with Gasteiger partial charge in [0.2, 0.25) is 0 Å². The highest BCUT2D eigenvalue weighted by Gasteiger charge is 2.25. The van der Waals surface area contributed by atoms with Crippen LogP contribution in [0.1, 0.15) is 94.5 Å². The number of H-pyrrole nitrogens is 1. The molecule has 1 N–H and O–H groups in total. The zero-order valence-electron chi connectivity index (χ0n) is 19.1. The van der Waals surface area contributed by atoms with Gasteiger partial charge in [-0.05, 0) is 75.3 Å². The van der Waals surface area contributed by atoms with E-state index in [0.29, 0.717) is 17.6 Å². The van der Waals surface area contributed by atoms with Gasteiger partial charge in [0.05, 0.1) is 6.33 Å². The Morgan fingerprint density at radius 2 is 1.83 bits per heavy atom. The zero-order valence-corrected chi connectivity index (χ0v) is 19.1. The summed E-state index contributed by atoms with van der Waals surface area (Å²) < 4.78 is 0. The highest BCUT2D eigenvalue weighted by molar-refractivity contribution is 5.80. The first-order chi connectivity index (χ1) is 14.0. The Morgan fingerprint density at radius 1 is 1.14 bits per heavy atom. The van der Waals surface area contributed by atoms with Gasteiger partial charge in [-0.2, -0.15) is 0 Å². The smallest absolute Gasteiger partial charge is 0.132 e. The van der Waals surface area contributed by atoms with E-state index in [9.17, 15) is 4.79 Å². The fraction of sp³-hybridized carbons (Fsp3) is 0.615. The second kappa shape index (κ2) is 11.9. The van der Waals surface area contributed by atoms with Gasteiger partial charge in [0.1, 0.15) is 5.78 Å². The van der Waals surface area contributed by atoms with Crippen LogP contribution in [0.5, 0.6) is 0 Å². The summed E-state index contributed by atoms with van der Waals surface area (Å²) in [6, 6.07) is 6.91. The van der Waals surface area contributed by atoms with Gasteiger partial charge in [0.25, 0.3) is 0 Å². The van der Waals surface area contributed by atoms with Crippen molar-refractivity contribution < 1.29 is 4.79 Å².